The van der Waals surface area contributed by atoms with E-state index in [1.54, 1.807) is 0 Å². The number of ketones is 1. The largest absolute Gasteiger partial charge is 0.483 e. The molecule has 5 heteroatoms. The van der Waals surface area contributed by atoms with Crippen LogP contribution in [-0.4, -0.2) is 36.0 Å². The van der Waals surface area contributed by atoms with Crippen molar-refractivity contribution in [2.75, 3.05) is 13.1 Å². The van der Waals surface area contributed by atoms with Crippen molar-refractivity contribution < 1.29 is 19.1 Å². The van der Waals surface area contributed by atoms with Crippen LogP contribution in [0.1, 0.15) is 23.1 Å². The number of carbonyl (C=O) groups excluding carboxylic acids is 2. The first-order valence-corrected chi connectivity index (χ1v) is 8.75. The van der Waals surface area contributed by atoms with Crippen molar-refractivity contribution in [3.8, 4) is 5.75 Å². The number of hydrogen-bond acceptors (Lipinski definition) is 4. The van der Waals surface area contributed by atoms with E-state index in [1.165, 1.54) is 10.5 Å². The average Bonchev–Trinajstić information content (AvgIpc) is 2.65. The van der Waals surface area contributed by atoms with E-state index < -0.39 is 12.2 Å². The van der Waals surface area contributed by atoms with Gasteiger partial charge in [0.05, 0.1) is 6.54 Å². The number of piperidine rings is 1. The number of Topliss-reactive ketones (excluding diaryl/α,β-unsaturated/α-hetero) is 1. The first-order valence-electron chi connectivity index (χ1n) is 8.75. The van der Waals surface area contributed by atoms with E-state index in [0.717, 1.165) is 11.1 Å². The summed E-state index contributed by atoms with van der Waals surface area (Å²) in [6.45, 7) is 4.70. The highest BCUT2D eigenvalue weighted by atomic mass is 16.6. The van der Waals surface area contributed by atoms with Gasteiger partial charge in [0.1, 0.15) is 12.4 Å². The standard InChI is InChI=1S/C21H23NO4/c1-15-8-9-18(12-16(15)2)26-20-10-11-22(13-19(20)23)21(24)25-14-17-6-4-3-5-7-17/h3-9,12,20H,10-11,13-14H2,1-2H3. The molecule has 1 aliphatic rings. The van der Waals surface area contributed by atoms with Gasteiger partial charge in [-0.3, -0.25) is 4.79 Å². The lowest BCUT2D eigenvalue weighted by molar-refractivity contribution is -0.129. The van der Waals surface area contributed by atoms with Crippen molar-refractivity contribution in [3.05, 3.63) is 65.2 Å². The Hall–Kier alpha value is -2.82. The first kappa shape index (κ1) is 18.0. The van der Waals surface area contributed by atoms with Crippen molar-refractivity contribution in [3.63, 3.8) is 0 Å². The fraction of sp³-hybridized carbons (Fsp3) is 0.333. The molecule has 1 saturated heterocycles. The van der Waals surface area contributed by atoms with Gasteiger partial charge in [0.15, 0.2) is 11.9 Å². The Morgan fingerprint density at radius 2 is 1.88 bits per heavy atom. The zero-order chi connectivity index (χ0) is 18.5. The molecule has 26 heavy (non-hydrogen) atoms. The van der Waals surface area contributed by atoms with Crippen LogP contribution in [0.15, 0.2) is 48.5 Å². The minimum Gasteiger partial charge on any atom is -0.483 e. The Balaban J connectivity index is 1.52. The van der Waals surface area contributed by atoms with Gasteiger partial charge in [0, 0.05) is 13.0 Å². The van der Waals surface area contributed by atoms with Gasteiger partial charge in [-0.1, -0.05) is 36.4 Å². The second-order valence-electron chi connectivity index (χ2n) is 6.57. The number of rotatable bonds is 4. The lowest BCUT2D eigenvalue weighted by atomic mass is 10.1. The van der Waals surface area contributed by atoms with Gasteiger partial charge in [-0.2, -0.15) is 0 Å². The quantitative estimate of drug-likeness (QED) is 0.842. The number of amides is 1. The van der Waals surface area contributed by atoms with Crippen molar-refractivity contribution >= 4 is 11.9 Å². The molecule has 0 saturated carbocycles. The van der Waals surface area contributed by atoms with Crippen LogP contribution in [-0.2, 0) is 16.1 Å². The van der Waals surface area contributed by atoms with Crippen LogP contribution >= 0.6 is 0 Å². The SMILES string of the molecule is Cc1ccc(OC2CCN(C(=O)OCc3ccccc3)CC2=O)cc1C. The Morgan fingerprint density at radius 1 is 1.12 bits per heavy atom. The topological polar surface area (TPSA) is 55.8 Å². The van der Waals surface area contributed by atoms with Gasteiger partial charge >= 0.3 is 6.09 Å². The van der Waals surface area contributed by atoms with Crippen LogP contribution < -0.4 is 4.74 Å². The number of likely N-dealkylation sites (tertiary alicyclic amines) is 1. The molecule has 3 rings (SSSR count). The smallest absolute Gasteiger partial charge is 0.410 e. The third kappa shape index (κ3) is 4.42. The molecule has 1 heterocycles. The third-order valence-electron chi connectivity index (χ3n) is 4.59. The highest BCUT2D eigenvalue weighted by molar-refractivity contribution is 5.89. The molecule has 1 aliphatic heterocycles. The lowest BCUT2D eigenvalue weighted by Gasteiger charge is -2.30. The zero-order valence-electron chi connectivity index (χ0n) is 15.1. The molecule has 1 unspecified atom stereocenters. The highest BCUT2D eigenvalue weighted by Crippen LogP contribution is 2.21. The summed E-state index contributed by atoms with van der Waals surface area (Å²) in [7, 11) is 0. The van der Waals surface area contributed by atoms with Crippen molar-refractivity contribution in [2.24, 2.45) is 0 Å². The summed E-state index contributed by atoms with van der Waals surface area (Å²) in [5, 5.41) is 0. The zero-order valence-corrected chi connectivity index (χ0v) is 15.1. The van der Waals surface area contributed by atoms with Crippen molar-refractivity contribution in [1.29, 1.82) is 0 Å². The van der Waals surface area contributed by atoms with Gasteiger partial charge in [0.25, 0.3) is 0 Å². The summed E-state index contributed by atoms with van der Waals surface area (Å²) < 4.78 is 11.1. The molecule has 0 aromatic heterocycles. The summed E-state index contributed by atoms with van der Waals surface area (Å²) in [4.78, 5) is 26.0. The maximum absolute atomic E-state index is 12.4. The predicted molar refractivity (Wildman–Crippen MR) is 98.2 cm³/mol. The molecule has 0 N–H and O–H groups in total. The molecule has 0 bridgehead atoms. The number of benzene rings is 2. The average molecular weight is 353 g/mol. The van der Waals surface area contributed by atoms with E-state index in [-0.39, 0.29) is 18.9 Å². The Kier molecular flexibility index (Phi) is 5.56. The van der Waals surface area contributed by atoms with Gasteiger partial charge in [-0.25, -0.2) is 4.79 Å². The van der Waals surface area contributed by atoms with E-state index in [2.05, 4.69) is 0 Å². The summed E-state index contributed by atoms with van der Waals surface area (Å²) in [5.41, 5.74) is 3.22. The maximum atomic E-state index is 12.4. The molecule has 2 aromatic carbocycles. The van der Waals surface area contributed by atoms with E-state index in [9.17, 15) is 9.59 Å². The molecule has 1 fully saturated rings. The molecular weight excluding hydrogens is 330 g/mol. The molecule has 136 valence electrons. The fourth-order valence-corrected chi connectivity index (χ4v) is 2.85. The number of ether oxygens (including phenoxy) is 2. The maximum Gasteiger partial charge on any atom is 0.410 e. The number of aryl methyl sites for hydroxylation is 2. The summed E-state index contributed by atoms with van der Waals surface area (Å²) in [5.74, 6) is 0.581. The van der Waals surface area contributed by atoms with E-state index in [0.29, 0.717) is 18.7 Å². The van der Waals surface area contributed by atoms with Gasteiger partial charge in [0.2, 0.25) is 0 Å². The first-order chi connectivity index (χ1) is 12.5. The van der Waals surface area contributed by atoms with Crippen molar-refractivity contribution in [1.82, 2.24) is 4.90 Å². The molecule has 0 aliphatic carbocycles. The van der Waals surface area contributed by atoms with Crippen LogP contribution in [0, 0.1) is 13.8 Å². The normalized spacial score (nSPS) is 17.1. The predicted octanol–water partition coefficient (Wildman–Crippen LogP) is 3.66. The molecule has 5 nitrogen and oxygen atoms in total. The minimum atomic E-state index is -0.518. The van der Waals surface area contributed by atoms with Crippen LogP contribution in [0.25, 0.3) is 0 Å². The molecule has 1 amide bonds. The molecule has 0 spiro atoms. The van der Waals surface area contributed by atoms with Gasteiger partial charge in [-0.05, 0) is 42.7 Å². The van der Waals surface area contributed by atoms with Gasteiger partial charge < -0.3 is 14.4 Å². The summed E-state index contributed by atoms with van der Waals surface area (Å²) in [6, 6.07) is 15.3. The monoisotopic (exact) mass is 353 g/mol. The van der Waals surface area contributed by atoms with E-state index >= 15 is 0 Å². The number of carbonyl (C=O) groups is 2. The summed E-state index contributed by atoms with van der Waals surface area (Å²) in [6.07, 6.45) is -0.520. The van der Waals surface area contributed by atoms with Crippen LogP contribution in [0.2, 0.25) is 0 Å². The number of nitrogens with zero attached hydrogens (tertiary/aromatic N) is 1. The van der Waals surface area contributed by atoms with Crippen LogP contribution in [0.4, 0.5) is 4.79 Å². The molecular formula is C21H23NO4. The Bertz CT molecular complexity index is 788. The molecule has 1 atom stereocenters. The molecule has 0 radical (unpaired) electrons. The summed E-state index contributed by atoms with van der Waals surface area (Å²) >= 11 is 0. The van der Waals surface area contributed by atoms with Crippen molar-refractivity contribution in [2.45, 2.75) is 33.0 Å². The van der Waals surface area contributed by atoms with E-state index in [4.69, 9.17) is 9.47 Å². The lowest BCUT2D eigenvalue weighted by Crippen LogP contribution is -2.48. The van der Waals surface area contributed by atoms with E-state index in [1.807, 2.05) is 62.4 Å². The van der Waals surface area contributed by atoms with Crippen LogP contribution in [0.5, 0.6) is 5.75 Å². The van der Waals surface area contributed by atoms with Crippen LogP contribution in [0.3, 0.4) is 0 Å². The Labute approximate surface area is 153 Å². The fourth-order valence-electron chi connectivity index (χ4n) is 2.85. The number of hydrogen-bond donors (Lipinski definition) is 0. The second-order valence-corrected chi connectivity index (χ2v) is 6.57. The van der Waals surface area contributed by atoms with Gasteiger partial charge in [-0.15, -0.1) is 0 Å². The molecule has 2 aromatic rings. The third-order valence-corrected chi connectivity index (χ3v) is 4.59. The minimum absolute atomic E-state index is 0.0170. The Morgan fingerprint density at radius 3 is 2.58 bits per heavy atom. The highest BCUT2D eigenvalue weighted by Gasteiger charge is 2.31. The second kappa shape index (κ2) is 8.04.